The van der Waals surface area contributed by atoms with Crippen LogP contribution in [0.4, 0.5) is 0 Å². The van der Waals surface area contributed by atoms with Crippen molar-refractivity contribution in [1.29, 1.82) is 0 Å². The molecule has 2 heteroatoms. The predicted octanol–water partition coefficient (Wildman–Crippen LogP) is 3.91. The lowest BCUT2D eigenvalue weighted by Gasteiger charge is -2.49. The van der Waals surface area contributed by atoms with Crippen molar-refractivity contribution in [1.82, 2.24) is 0 Å². The molecule has 0 saturated heterocycles. The van der Waals surface area contributed by atoms with Gasteiger partial charge in [-0.25, -0.2) is 0 Å². The molecule has 0 heterocycles. The van der Waals surface area contributed by atoms with Gasteiger partial charge in [0, 0.05) is 0 Å². The summed E-state index contributed by atoms with van der Waals surface area (Å²) in [6.07, 6.45) is 7.04. The number of hydrogen-bond donors (Lipinski definition) is 1. The third-order valence-electron chi connectivity index (χ3n) is 6.68. The second-order valence-corrected chi connectivity index (χ2v) is 7.77. The predicted molar refractivity (Wildman–Crippen MR) is 83.6 cm³/mol. The van der Waals surface area contributed by atoms with E-state index in [4.69, 9.17) is 4.74 Å². The van der Waals surface area contributed by atoms with Gasteiger partial charge in [0.1, 0.15) is 5.75 Å². The smallest absolute Gasteiger partial charge is 0.119 e. The highest BCUT2D eigenvalue weighted by Crippen LogP contribution is 2.60. The second-order valence-electron chi connectivity index (χ2n) is 7.77. The molecule has 0 aliphatic heterocycles. The highest BCUT2D eigenvalue weighted by molar-refractivity contribution is 5.40. The van der Waals surface area contributed by atoms with E-state index >= 15 is 0 Å². The van der Waals surface area contributed by atoms with Crippen LogP contribution < -0.4 is 4.74 Å². The number of benzene rings is 1. The summed E-state index contributed by atoms with van der Waals surface area (Å²) in [5, 5.41) is 10.2. The highest BCUT2D eigenvalue weighted by atomic mass is 16.5. The third kappa shape index (κ3) is 2.03. The minimum atomic E-state index is -0.0592. The van der Waals surface area contributed by atoms with Crippen molar-refractivity contribution in [2.45, 2.75) is 57.5 Å². The molecule has 2 nitrogen and oxygen atoms in total. The molecule has 1 N–H and O–H groups in total. The Morgan fingerprint density at radius 3 is 2.95 bits per heavy atom. The fourth-order valence-electron chi connectivity index (χ4n) is 5.71. The van der Waals surface area contributed by atoms with E-state index in [0.29, 0.717) is 11.3 Å². The van der Waals surface area contributed by atoms with Crippen molar-refractivity contribution in [3.05, 3.63) is 29.3 Å². The van der Waals surface area contributed by atoms with Crippen LogP contribution in [-0.4, -0.2) is 18.3 Å². The lowest BCUT2D eigenvalue weighted by molar-refractivity contribution is 0.0596. The van der Waals surface area contributed by atoms with E-state index in [0.717, 1.165) is 30.4 Å². The third-order valence-corrected chi connectivity index (χ3v) is 6.68. The second kappa shape index (κ2) is 4.74. The molecule has 0 bridgehead atoms. The maximum absolute atomic E-state index is 10.2. The maximum Gasteiger partial charge on any atom is 0.119 e. The Morgan fingerprint density at radius 2 is 2.14 bits per heavy atom. The summed E-state index contributed by atoms with van der Waals surface area (Å²) in [6, 6.07) is 6.67. The first-order valence-corrected chi connectivity index (χ1v) is 8.45. The van der Waals surface area contributed by atoms with Gasteiger partial charge >= 0.3 is 0 Å². The first-order chi connectivity index (χ1) is 10.1. The van der Waals surface area contributed by atoms with Crippen molar-refractivity contribution < 1.29 is 9.84 Å². The van der Waals surface area contributed by atoms with Gasteiger partial charge in [-0.05, 0) is 85.0 Å². The molecular weight excluding hydrogens is 260 g/mol. The van der Waals surface area contributed by atoms with Gasteiger partial charge in [-0.3, -0.25) is 0 Å². The molecule has 4 rings (SSSR count). The van der Waals surface area contributed by atoms with Gasteiger partial charge in [0.05, 0.1) is 13.2 Å². The van der Waals surface area contributed by atoms with Crippen molar-refractivity contribution in [3.63, 3.8) is 0 Å². The standard InChI is InChI=1S/C19H26O2/c1-19-8-7-16-15-6-4-14(21-2)9-12(15)3-5-17(16)18(19)10-13(20)11-19/h4,6,9,13,16-18,20H,3,5,7-8,10-11H2,1-2H3/t13-,16?,17?,18?,19?/m1/s1. The Kier molecular flexibility index (Phi) is 3.08. The van der Waals surface area contributed by atoms with Crippen LogP contribution in [0, 0.1) is 17.3 Å². The van der Waals surface area contributed by atoms with E-state index in [-0.39, 0.29) is 6.10 Å². The molecule has 1 aromatic carbocycles. The Balaban J connectivity index is 1.68. The Hall–Kier alpha value is -1.02. The molecule has 21 heavy (non-hydrogen) atoms. The average molecular weight is 286 g/mol. The lowest BCUT2D eigenvalue weighted by atomic mass is 9.56. The SMILES string of the molecule is COc1ccc2c(c1)CCC1C2CCC2(C)C[C@H](O)CC12. The van der Waals surface area contributed by atoms with E-state index < -0.39 is 0 Å². The van der Waals surface area contributed by atoms with Crippen molar-refractivity contribution >= 4 is 0 Å². The molecule has 0 amide bonds. The van der Waals surface area contributed by atoms with Crippen LogP contribution in [0.25, 0.3) is 0 Å². The summed E-state index contributed by atoms with van der Waals surface area (Å²) < 4.78 is 5.38. The van der Waals surface area contributed by atoms with Crippen LogP contribution >= 0.6 is 0 Å². The fourth-order valence-corrected chi connectivity index (χ4v) is 5.71. The number of aliphatic hydroxyl groups excluding tert-OH is 1. The number of aryl methyl sites for hydroxylation is 1. The number of hydrogen-bond acceptors (Lipinski definition) is 2. The van der Waals surface area contributed by atoms with E-state index in [9.17, 15) is 5.11 Å². The van der Waals surface area contributed by atoms with Crippen LogP contribution in [0.3, 0.4) is 0 Å². The molecule has 3 aliphatic carbocycles. The molecule has 3 aliphatic rings. The number of fused-ring (bicyclic) bond motifs is 5. The first-order valence-electron chi connectivity index (χ1n) is 8.45. The van der Waals surface area contributed by atoms with E-state index in [1.165, 1.54) is 31.2 Å². The van der Waals surface area contributed by atoms with Crippen LogP contribution in [0.2, 0.25) is 0 Å². The summed E-state index contributed by atoms with van der Waals surface area (Å²) in [4.78, 5) is 0. The monoisotopic (exact) mass is 286 g/mol. The van der Waals surface area contributed by atoms with Crippen LogP contribution in [0.1, 0.15) is 56.1 Å². The molecule has 5 atom stereocenters. The highest BCUT2D eigenvalue weighted by Gasteiger charge is 2.52. The fraction of sp³-hybridized carbons (Fsp3) is 0.684. The van der Waals surface area contributed by atoms with Crippen LogP contribution in [0.15, 0.2) is 18.2 Å². The number of methoxy groups -OCH3 is 1. The van der Waals surface area contributed by atoms with E-state index in [2.05, 4.69) is 25.1 Å². The van der Waals surface area contributed by atoms with Gasteiger partial charge in [-0.1, -0.05) is 13.0 Å². The van der Waals surface area contributed by atoms with Crippen molar-refractivity contribution in [2.24, 2.45) is 17.3 Å². The largest absolute Gasteiger partial charge is 0.497 e. The van der Waals surface area contributed by atoms with Crippen molar-refractivity contribution in [3.8, 4) is 5.75 Å². The molecular formula is C19H26O2. The van der Waals surface area contributed by atoms with Gasteiger partial charge < -0.3 is 9.84 Å². The maximum atomic E-state index is 10.2. The summed E-state index contributed by atoms with van der Waals surface area (Å²) in [6.45, 7) is 2.42. The van der Waals surface area contributed by atoms with Gasteiger partial charge in [-0.2, -0.15) is 0 Å². The summed E-state index contributed by atoms with van der Waals surface area (Å²) in [5.41, 5.74) is 3.46. The Bertz CT molecular complexity index is 552. The number of ether oxygens (including phenoxy) is 1. The molecule has 2 saturated carbocycles. The van der Waals surface area contributed by atoms with Gasteiger partial charge in [-0.15, -0.1) is 0 Å². The zero-order valence-electron chi connectivity index (χ0n) is 13.1. The normalized spacial score (nSPS) is 41.1. The van der Waals surface area contributed by atoms with Crippen molar-refractivity contribution in [2.75, 3.05) is 7.11 Å². The Labute approximate surface area is 127 Å². The molecule has 0 spiro atoms. The van der Waals surface area contributed by atoms with Gasteiger partial charge in [0.2, 0.25) is 0 Å². The average Bonchev–Trinajstić information content (AvgIpc) is 2.80. The molecule has 4 unspecified atom stereocenters. The number of aliphatic hydroxyl groups is 1. The van der Waals surface area contributed by atoms with Crippen LogP contribution in [-0.2, 0) is 6.42 Å². The minimum Gasteiger partial charge on any atom is -0.497 e. The molecule has 2 fully saturated rings. The zero-order valence-corrected chi connectivity index (χ0v) is 13.1. The summed E-state index contributed by atoms with van der Waals surface area (Å²) >= 11 is 0. The van der Waals surface area contributed by atoms with E-state index in [1.54, 1.807) is 12.7 Å². The zero-order chi connectivity index (χ0) is 14.6. The Morgan fingerprint density at radius 1 is 1.29 bits per heavy atom. The topological polar surface area (TPSA) is 29.5 Å². The summed E-state index contributed by atoms with van der Waals surface area (Å²) in [5.74, 6) is 3.20. The van der Waals surface area contributed by atoms with Gasteiger partial charge in [0.25, 0.3) is 0 Å². The molecule has 114 valence electrons. The van der Waals surface area contributed by atoms with E-state index in [1.807, 2.05) is 0 Å². The molecule has 0 radical (unpaired) electrons. The quantitative estimate of drug-likeness (QED) is 0.848. The lowest BCUT2D eigenvalue weighted by Crippen LogP contribution is -2.39. The summed E-state index contributed by atoms with van der Waals surface area (Å²) in [7, 11) is 1.75. The number of rotatable bonds is 1. The molecule has 1 aromatic rings. The minimum absolute atomic E-state index is 0.0592. The van der Waals surface area contributed by atoms with Gasteiger partial charge in [0.15, 0.2) is 0 Å². The first kappa shape index (κ1) is 13.6. The van der Waals surface area contributed by atoms with Crippen LogP contribution in [0.5, 0.6) is 5.75 Å². The molecule has 0 aromatic heterocycles.